The Hall–Kier alpha value is -2.94. The van der Waals surface area contributed by atoms with Crippen LogP contribution in [0.5, 0.6) is 0 Å². The van der Waals surface area contributed by atoms with Crippen molar-refractivity contribution in [3.63, 3.8) is 0 Å². The largest absolute Gasteiger partial charge is 0.379 e. The summed E-state index contributed by atoms with van der Waals surface area (Å²) >= 11 is 0. The number of rotatable bonds is 5. The van der Waals surface area contributed by atoms with E-state index in [0.29, 0.717) is 43.1 Å². The van der Waals surface area contributed by atoms with Crippen LogP contribution in [0.2, 0.25) is 0 Å². The smallest absolute Gasteiger partial charge is 0.255 e. The molecule has 1 saturated heterocycles. The van der Waals surface area contributed by atoms with E-state index in [-0.39, 0.29) is 10.8 Å². The predicted octanol–water partition coefficient (Wildman–Crippen LogP) is 3.37. The molecule has 0 unspecified atom stereocenters. The van der Waals surface area contributed by atoms with Gasteiger partial charge in [0.15, 0.2) is 0 Å². The Morgan fingerprint density at radius 3 is 2.35 bits per heavy atom. The van der Waals surface area contributed by atoms with Gasteiger partial charge in [0.1, 0.15) is 0 Å². The van der Waals surface area contributed by atoms with Crippen LogP contribution < -0.4 is 5.32 Å². The normalized spacial score (nSPS) is 15.0. The van der Waals surface area contributed by atoms with E-state index in [9.17, 15) is 13.2 Å². The van der Waals surface area contributed by atoms with Gasteiger partial charge in [-0.25, -0.2) is 8.42 Å². The summed E-state index contributed by atoms with van der Waals surface area (Å²) in [5.74, 6) is -0.299. The van der Waals surface area contributed by atoms with Gasteiger partial charge in [0.05, 0.1) is 18.1 Å². The highest BCUT2D eigenvalue weighted by Gasteiger charge is 2.28. The third-order valence-corrected chi connectivity index (χ3v) is 7.43. The van der Waals surface area contributed by atoms with Crippen LogP contribution in [0.15, 0.2) is 65.8 Å². The van der Waals surface area contributed by atoms with Crippen LogP contribution >= 0.6 is 0 Å². The maximum absolute atomic E-state index is 13.1. The van der Waals surface area contributed by atoms with Gasteiger partial charge in [-0.05, 0) is 61.4 Å². The van der Waals surface area contributed by atoms with Crippen molar-refractivity contribution in [2.45, 2.75) is 18.7 Å². The molecule has 0 spiro atoms. The zero-order valence-corrected chi connectivity index (χ0v) is 18.4. The van der Waals surface area contributed by atoms with Gasteiger partial charge in [-0.3, -0.25) is 4.79 Å². The number of carbonyl (C=O) groups is 1. The van der Waals surface area contributed by atoms with Crippen molar-refractivity contribution in [2.24, 2.45) is 0 Å². The first-order chi connectivity index (χ1) is 14.9. The third kappa shape index (κ3) is 4.41. The van der Waals surface area contributed by atoms with Gasteiger partial charge in [0, 0.05) is 42.4 Å². The van der Waals surface area contributed by atoms with Crippen molar-refractivity contribution in [3.05, 3.63) is 77.6 Å². The van der Waals surface area contributed by atoms with Crippen molar-refractivity contribution in [3.8, 4) is 5.69 Å². The molecule has 1 fully saturated rings. The van der Waals surface area contributed by atoms with Gasteiger partial charge in [-0.1, -0.05) is 12.1 Å². The number of carbonyl (C=O) groups excluding carboxylic acids is 1. The summed E-state index contributed by atoms with van der Waals surface area (Å²) in [7, 11) is -3.66. The van der Waals surface area contributed by atoms with E-state index >= 15 is 0 Å². The summed E-state index contributed by atoms with van der Waals surface area (Å²) in [6.45, 7) is 5.15. The van der Waals surface area contributed by atoms with Crippen molar-refractivity contribution >= 4 is 21.6 Å². The van der Waals surface area contributed by atoms with Crippen LogP contribution in [-0.2, 0) is 14.8 Å². The second-order valence-electron chi connectivity index (χ2n) is 7.54. The van der Waals surface area contributed by atoms with Crippen LogP contribution in [-0.4, -0.2) is 49.5 Å². The molecule has 2 aromatic carbocycles. The first-order valence-corrected chi connectivity index (χ1v) is 11.5. The average Bonchev–Trinajstić information content (AvgIpc) is 3.30. The SMILES string of the molecule is Cc1ccc(C(=O)Nc2ccc(C)c(S(=O)(=O)N3CCOCC3)c2)cc1-n1cccc1. The van der Waals surface area contributed by atoms with Crippen LogP contribution in [0.3, 0.4) is 0 Å². The number of amides is 1. The predicted molar refractivity (Wildman–Crippen MR) is 119 cm³/mol. The Morgan fingerprint density at radius 2 is 1.65 bits per heavy atom. The minimum absolute atomic E-state index is 0.198. The van der Waals surface area contributed by atoms with E-state index in [1.807, 2.05) is 48.1 Å². The Bertz CT molecular complexity index is 1200. The fourth-order valence-corrected chi connectivity index (χ4v) is 5.27. The number of sulfonamides is 1. The monoisotopic (exact) mass is 439 g/mol. The van der Waals surface area contributed by atoms with Crippen LogP contribution in [0.1, 0.15) is 21.5 Å². The minimum Gasteiger partial charge on any atom is -0.379 e. The van der Waals surface area contributed by atoms with Gasteiger partial charge < -0.3 is 14.6 Å². The number of aryl methyl sites for hydroxylation is 2. The highest BCUT2D eigenvalue weighted by Crippen LogP contribution is 2.25. The molecule has 4 rings (SSSR count). The molecule has 0 radical (unpaired) electrons. The Labute approximate surface area is 182 Å². The van der Waals surface area contributed by atoms with Crippen LogP contribution in [0, 0.1) is 13.8 Å². The van der Waals surface area contributed by atoms with Crippen LogP contribution in [0.25, 0.3) is 5.69 Å². The number of nitrogens with zero attached hydrogens (tertiary/aromatic N) is 2. The average molecular weight is 440 g/mol. The quantitative estimate of drug-likeness (QED) is 0.661. The van der Waals surface area contributed by atoms with E-state index in [0.717, 1.165) is 11.3 Å². The summed E-state index contributed by atoms with van der Waals surface area (Å²) in [6, 6.07) is 14.3. The molecule has 1 amide bonds. The number of benzene rings is 2. The standard InChI is InChI=1S/C23H25N3O4S/c1-17-5-7-19(15-21(17)25-9-3-4-10-25)23(27)24-20-8-6-18(2)22(16-20)31(28,29)26-11-13-30-14-12-26/h3-10,15-16H,11-14H2,1-2H3,(H,24,27). The van der Waals surface area contributed by atoms with Gasteiger partial charge in [-0.2, -0.15) is 4.31 Å². The molecule has 3 aromatic rings. The molecule has 0 atom stereocenters. The minimum atomic E-state index is -3.66. The fraction of sp³-hybridized carbons (Fsp3) is 0.261. The molecule has 8 heteroatoms. The topological polar surface area (TPSA) is 80.6 Å². The van der Waals surface area contributed by atoms with E-state index in [4.69, 9.17) is 4.74 Å². The van der Waals surface area contributed by atoms with Crippen molar-refractivity contribution in [1.82, 2.24) is 8.87 Å². The molecule has 1 aliphatic rings. The highest BCUT2D eigenvalue weighted by atomic mass is 32.2. The fourth-order valence-electron chi connectivity index (χ4n) is 3.61. The molecule has 2 heterocycles. The Balaban J connectivity index is 1.60. The molecule has 1 aliphatic heterocycles. The lowest BCUT2D eigenvalue weighted by atomic mass is 10.1. The third-order valence-electron chi connectivity index (χ3n) is 5.39. The van der Waals surface area contributed by atoms with E-state index in [1.165, 1.54) is 10.4 Å². The summed E-state index contributed by atoms with van der Waals surface area (Å²) in [4.78, 5) is 13.1. The molecule has 0 bridgehead atoms. The number of anilines is 1. The van der Waals surface area contributed by atoms with Gasteiger partial charge >= 0.3 is 0 Å². The zero-order chi connectivity index (χ0) is 22.0. The molecular formula is C23H25N3O4S. The maximum atomic E-state index is 13.1. The lowest BCUT2D eigenvalue weighted by Gasteiger charge is -2.26. The lowest BCUT2D eigenvalue weighted by molar-refractivity contribution is 0.0730. The Kier molecular flexibility index (Phi) is 5.95. The van der Waals surface area contributed by atoms with Crippen molar-refractivity contribution < 1.29 is 17.9 Å². The number of aromatic nitrogens is 1. The molecule has 7 nitrogen and oxygen atoms in total. The summed E-state index contributed by atoms with van der Waals surface area (Å²) in [5, 5.41) is 2.84. The number of hydrogen-bond acceptors (Lipinski definition) is 4. The second-order valence-corrected chi connectivity index (χ2v) is 9.45. The Morgan fingerprint density at radius 1 is 0.968 bits per heavy atom. The van der Waals surface area contributed by atoms with Crippen LogP contribution in [0.4, 0.5) is 5.69 Å². The summed E-state index contributed by atoms with van der Waals surface area (Å²) < 4.78 is 34.8. The lowest BCUT2D eigenvalue weighted by Crippen LogP contribution is -2.40. The first-order valence-electron chi connectivity index (χ1n) is 10.1. The van der Waals surface area contributed by atoms with Crippen molar-refractivity contribution in [2.75, 3.05) is 31.6 Å². The van der Waals surface area contributed by atoms with E-state index in [2.05, 4.69) is 5.32 Å². The molecule has 31 heavy (non-hydrogen) atoms. The number of hydrogen-bond donors (Lipinski definition) is 1. The first kappa shape index (κ1) is 21.3. The second kappa shape index (κ2) is 8.66. The molecule has 0 aliphatic carbocycles. The molecule has 0 saturated carbocycles. The van der Waals surface area contributed by atoms with E-state index < -0.39 is 10.0 Å². The molecule has 162 valence electrons. The summed E-state index contributed by atoms with van der Waals surface area (Å²) in [6.07, 6.45) is 3.85. The number of nitrogens with one attached hydrogen (secondary N) is 1. The number of morpholine rings is 1. The highest BCUT2D eigenvalue weighted by molar-refractivity contribution is 7.89. The number of ether oxygens (including phenoxy) is 1. The zero-order valence-electron chi connectivity index (χ0n) is 17.5. The molecule has 1 N–H and O–H groups in total. The van der Waals surface area contributed by atoms with Crippen molar-refractivity contribution in [1.29, 1.82) is 0 Å². The summed E-state index contributed by atoms with van der Waals surface area (Å²) in [5.41, 5.74) is 3.52. The molecule has 1 aromatic heterocycles. The van der Waals surface area contributed by atoms with E-state index in [1.54, 1.807) is 25.1 Å². The van der Waals surface area contributed by atoms with Gasteiger partial charge in [0.25, 0.3) is 5.91 Å². The molecular weight excluding hydrogens is 414 g/mol. The van der Waals surface area contributed by atoms with Gasteiger partial charge in [-0.15, -0.1) is 0 Å². The van der Waals surface area contributed by atoms with Gasteiger partial charge in [0.2, 0.25) is 10.0 Å². The maximum Gasteiger partial charge on any atom is 0.255 e.